The molecule has 0 aliphatic rings. The van der Waals surface area contributed by atoms with E-state index in [-0.39, 0.29) is 11.9 Å². The highest BCUT2D eigenvalue weighted by molar-refractivity contribution is 6.31. The van der Waals surface area contributed by atoms with Gasteiger partial charge in [0.2, 0.25) is 0 Å². The maximum atomic E-state index is 12.5. The van der Waals surface area contributed by atoms with Crippen molar-refractivity contribution in [3.8, 4) is 0 Å². The highest BCUT2D eigenvalue weighted by Gasteiger charge is 2.22. The molecule has 5 heteroatoms. The predicted molar refractivity (Wildman–Crippen MR) is 80.6 cm³/mol. The summed E-state index contributed by atoms with van der Waals surface area (Å²) >= 11 is 5.85. The number of halogens is 1. The Bertz CT molecular complexity index is 448. The normalized spacial score (nSPS) is 12.5. The number of hydrogen-bond donors (Lipinski definition) is 1. The molecule has 0 aromatic heterocycles. The number of carbonyl (C=O) groups excluding carboxylic acids is 1. The van der Waals surface area contributed by atoms with Crippen molar-refractivity contribution < 1.29 is 4.79 Å². The molecule has 0 fully saturated rings. The summed E-state index contributed by atoms with van der Waals surface area (Å²) in [5.74, 6) is -0.0500. The van der Waals surface area contributed by atoms with Crippen LogP contribution in [0.3, 0.4) is 0 Å². The number of amides is 1. The molecule has 1 rings (SSSR count). The minimum atomic E-state index is -0.0500. The van der Waals surface area contributed by atoms with Gasteiger partial charge in [0.05, 0.1) is 5.56 Å². The third-order valence-corrected chi connectivity index (χ3v) is 3.24. The van der Waals surface area contributed by atoms with Crippen LogP contribution in [0.15, 0.2) is 18.2 Å². The van der Waals surface area contributed by atoms with E-state index in [1.165, 1.54) is 0 Å². The van der Waals surface area contributed by atoms with Crippen LogP contribution in [0.25, 0.3) is 0 Å². The Morgan fingerprint density at radius 2 is 2.05 bits per heavy atom. The van der Waals surface area contributed by atoms with Gasteiger partial charge in [-0.2, -0.15) is 0 Å². The summed E-state index contributed by atoms with van der Waals surface area (Å²) in [5, 5.41) is 0.540. The molecule has 1 atom stereocenters. The molecule has 0 saturated heterocycles. The molecule has 0 spiro atoms. The molecule has 2 N–H and O–H groups in total. The van der Waals surface area contributed by atoms with E-state index >= 15 is 0 Å². The van der Waals surface area contributed by atoms with Gasteiger partial charge in [0.15, 0.2) is 0 Å². The molecule has 0 heterocycles. The monoisotopic (exact) mass is 283 g/mol. The van der Waals surface area contributed by atoms with Crippen molar-refractivity contribution in [3.05, 3.63) is 28.8 Å². The Hall–Kier alpha value is -1.26. The fourth-order valence-electron chi connectivity index (χ4n) is 2.17. The molecule has 1 amide bonds. The van der Waals surface area contributed by atoms with E-state index in [2.05, 4.69) is 4.90 Å². The zero-order valence-electron chi connectivity index (χ0n) is 12.0. The van der Waals surface area contributed by atoms with E-state index in [9.17, 15) is 4.79 Å². The van der Waals surface area contributed by atoms with Gasteiger partial charge < -0.3 is 15.5 Å². The van der Waals surface area contributed by atoms with Crippen LogP contribution >= 0.6 is 11.6 Å². The van der Waals surface area contributed by atoms with Gasteiger partial charge in [0.1, 0.15) is 0 Å². The van der Waals surface area contributed by atoms with Gasteiger partial charge in [-0.25, -0.2) is 0 Å². The summed E-state index contributed by atoms with van der Waals surface area (Å²) in [7, 11) is 3.98. The van der Waals surface area contributed by atoms with Gasteiger partial charge in [0, 0.05) is 29.8 Å². The molecule has 106 valence electrons. The zero-order valence-corrected chi connectivity index (χ0v) is 12.7. The molecule has 4 nitrogen and oxygen atoms in total. The number of rotatable bonds is 5. The second-order valence-electron chi connectivity index (χ2n) is 4.93. The third-order valence-electron chi connectivity index (χ3n) is 3.01. The fourth-order valence-corrected chi connectivity index (χ4v) is 2.35. The van der Waals surface area contributed by atoms with Crippen molar-refractivity contribution in [1.82, 2.24) is 9.80 Å². The van der Waals surface area contributed by atoms with E-state index in [0.717, 1.165) is 6.54 Å². The number of benzene rings is 1. The van der Waals surface area contributed by atoms with E-state index in [4.69, 9.17) is 17.3 Å². The molecule has 1 aromatic carbocycles. The Labute approximate surface area is 120 Å². The van der Waals surface area contributed by atoms with E-state index in [0.29, 0.717) is 22.8 Å². The van der Waals surface area contributed by atoms with Crippen molar-refractivity contribution >= 4 is 23.2 Å². The van der Waals surface area contributed by atoms with Gasteiger partial charge in [0.25, 0.3) is 5.91 Å². The molecule has 0 saturated carbocycles. The van der Waals surface area contributed by atoms with Crippen LogP contribution in [0, 0.1) is 0 Å². The summed E-state index contributed by atoms with van der Waals surface area (Å²) in [6, 6.07) is 5.11. The summed E-state index contributed by atoms with van der Waals surface area (Å²) < 4.78 is 0. The lowest BCUT2D eigenvalue weighted by Gasteiger charge is -2.30. The molecule has 19 heavy (non-hydrogen) atoms. The molecule has 1 aromatic rings. The Morgan fingerprint density at radius 3 is 2.53 bits per heavy atom. The van der Waals surface area contributed by atoms with Gasteiger partial charge in [-0.1, -0.05) is 11.6 Å². The Kier molecular flexibility index (Phi) is 5.63. The number of nitrogen functional groups attached to an aromatic ring is 1. The highest BCUT2D eigenvalue weighted by Crippen LogP contribution is 2.20. The Balaban J connectivity index is 2.95. The Morgan fingerprint density at radius 1 is 1.42 bits per heavy atom. The van der Waals surface area contributed by atoms with Crippen molar-refractivity contribution in [3.63, 3.8) is 0 Å². The van der Waals surface area contributed by atoms with Crippen molar-refractivity contribution in [2.45, 2.75) is 19.9 Å². The molecular weight excluding hydrogens is 262 g/mol. The van der Waals surface area contributed by atoms with Crippen LogP contribution in [-0.4, -0.2) is 48.9 Å². The van der Waals surface area contributed by atoms with Crippen LogP contribution in [0.1, 0.15) is 24.2 Å². The average molecular weight is 284 g/mol. The van der Waals surface area contributed by atoms with E-state index < -0.39 is 0 Å². The van der Waals surface area contributed by atoms with Crippen LogP contribution in [0.2, 0.25) is 5.02 Å². The molecule has 0 bridgehead atoms. The number of likely N-dealkylation sites (N-methyl/N-ethyl adjacent to an activating group) is 2. The molecule has 0 aliphatic heterocycles. The first-order chi connectivity index (χ1) is 8.86. The predicted octanol–water partition coefficient (Wildman–Crippen LogP) is 2.33. The average Bonchev–Trinajstić information content (AvgIpc) is 2.28. The largest absolute Gasteiger partial charge is 0.398 e. The zero-order chi connectivity index (χ0) is 14.6. The van der Waals surface area contributed by atoms with E-state index in [1.54, 1.807) is 18.2 Å². The fraction of sp³-hybridized carbons (Fsp3) is 0.500. The summed E-state index contributed by atoms with van der Waals surface area (Å²) in [6.07, 6.45) is 0. The number of nitrogens with two attached hydrogens (primary N) is 1. The SMILES string of the molecule is CCN(C(=O)c1ccc(Cl)cc1N)C(C)CN(C)C. The minimum Gasteiger partial charge on any atom is -0.398 e. The maximum absolute atomic E-state index is 12.5. The minimum absolute atomic E-state index is 0.0500. The lowest BCUT2D eigenvalue weighted by molar-refractivity contribution is 0.0680. The first kappa shape index (κ1) is 15.8. The van der Waals surface area contributed by atoms with Crippen molar-refractivity contribution in [2.75, 3.05) is 32.9 Å². The van der Waals surface area contributed by atoms with Crippen LogP contribution in [0.5, 0.6) is 0 Å². The topological polar surface area (TPSA) is 49.6 Å². The van der Waals surface area contributed by atoms with Crippen molar-refractivity contribution in [1.29, 1.82) is 0 Å². The van der Waals surface area contributed by atoms with Gasteiger partial charge in [-0.05, 0) is 46.1 Å². The standard InChI is InChI=1S/C14H22ClN3O/c1-5-18(10(2)9-17(3)4)14(19)12-7-6-11(15)8-13(12)16/h6-8,10H,5,9,16H2,1-4H3. The summed E-state index contributed by atoms with van der Waals surface area (Å²) in [4.78, 5) is 16.4. The highest BCUT2D eigenvalue weighted by atomic mass is 35.5. The second-order valence-corrected chi connectivity index (χ2v) is 5.37. The third kappa shape index (κ3) is 4.11. The summed E-state index contributed by atoms with van der Waals surface area (Å²) in [6.45, 7) is 5.46. The van der Waals surface area contributed by atoms with Crippen LogP contribution in [-0.2, 0) is 0 Å². The number of hydrogen-bond acceptors (Lipinski definition) is 3. The maximum Gasteiger partial charge on any atom is 0.256 e. The second kappa shape index (κ2) is 6.78. The summed E-state index contributed by atoms with van der Waals surface area (Å²) in [5.41, 5.74) is 6.81. The first-order valence-corrected chi connectivity index (χ1v) is 6.75. The van der Waals surface area contributed by atoms with Gasteiger partial charge in [-0.3, -0.25) is 4.79 Å². The molecule has 1 unspecified atom stereocenters. The van der Waals surface area contributed by atoms with Gasteiger partial charge in [-0.15, -0.1) is 0 Å². The lowest BCUT2D eigenvalue weighted by Crippen LogP contribution is -2.43. The van der Waals surface area contributed by atoms with Crippen LogP contribution < -0.4 is 5.73 Å². The van der Waals surface area contributed by atoms with E-state index in [1.807, 2.05) is 32.8 Å². The quantitative estimate of drug-likeness (QED) is 0.844. The molecule has 0 aliphatic carbocycles. The first-order valence-electron chi connectivity index (χ1n) is 6.37. The molecule has 0 radical (unpaired) electrons. The number of anilines is 1. The lowest BCUT2D eigenvalue weighted by atomic mass is 10.1. The number of nitrogens with zero attached hydrogens (tertiary/aromatic N) is 2. The van der Waals surface area contributed by atoms with Crippen LogP contribution in [0.4, 0.5) is 5.69 Å². The smallest absolute Gasteiger partial charge is 0.256 e. The molecular formula is C14H22ClN3O. The number of carbonyl (C=O) groups is 1. The van der Waals surface area contributed by atoms with Gasteiger partial charge >= 0.3 is 0 Å². The van der Waals surface area contributed by atoms with Crippen molar-refractivity contribution in [2.24, 2.45) is 0 Å².